The molecule has 1 aromatic heterocycles. The van der Waals surface area contributed by atoms with E-state index in [1.165, 1.54) is 0 Å². The normalized spacial score (nSPS) is 16.8. The van der Waals surface area contributed by atoms with Gasteiger partial charge >= 0.3 is 5.97 Å². The summed E-state index contributed by atoms with van der Waals surface area (Å²) in [6, 6.07) is 14.8. The predicted molar refractivity (Wildman–Crippen MR) is 92.9 cm³/mol. The predicted octanol–water partition coefficient (Wildman–Crippen LogP) is 3.26. The molecule has 3 aromatic rings. The van der Waals surface area contributed by atoms with Gasteiger partial charge in [-0.3, -0.25) is 0 Å². The Morgan fingerprint density at radius 3 is 2.48 bits per heavy atom. The first-order chi connectivity index (χ1) is 12.2. The lowest BCUT2D eigenvalue weighted by molar-refractivity contribution is -0.138. The van der Waals surface area contributed by atoms with Gasteiger partial charge in [0, 0.05) is 12.0 Å². The second kappa shape index (κ2) is 6.05. The monoisotopic (exact) mass is 335 g/mol. The number of aliphatic hydroxyl groups excluding tert-OH is 1. The zero-order valence-corrected chi connectivity index (χ0v) is 13.7. The number of nitrogens with zero attached hydrogens (tertiary/aromatic N) is 3. The number of esters is 1. The van der Waals surface area contributed by atoms with E-state index in [-0.39, 0.29) is 30.4 Å². The van der Waals surface area contributed by atoms with Crippen LogP contribution in [0.4, 0.5) is 0 Å². The van der Waals surface area contributed by atoms with E-state index < -0.39 is 5.97 Å². The SMILES string of the molecule is CCOC(=O)C1=C(O)c2ccccc2C(n2nc3ccccc3n2)C1. The zero-order valence-electron chi connectivity index (χ0n) is 13.7. The van der Waals surface area contributed by atoms with E-state index in [0.29, 0.717) is 5.56 Å². The fraction of sp³-hybridized carbons (Fsp3) is 0.211. The lowest BCUT2D eigenvalue weighted by Gasteiger charge is -2.26. The van der Waals surface area contributed by atoms with Gasteiger partial charge < -0.3 is 9.84 Å². The first-order valence-electron chi connectivity index (χ1n) is 8.19. The van der Waals surface area contributed by atoms with Gasteiger partial charge in [-0.05, 0) is 24.6 Å². The summed E-state index contributed by atoms with van der Waals surface area (Å²) >= 11 is 0. The van der Waals surface area contributed by atoms with Gasteiger partial charge in [0.05, 0.1) is 12.2 Å². The number of hydrogen-bond donors (Lipinski definition) is 1. The molecule has 0 fully saturated rings. The Morgan fingerprint density at radius 2 is 1.80 bits per heavy atom. The summed E-state index contributed by atoms with van der Waals surface area (Å²) in [7, 11) is 0. The number of rotatable bonds is 3. The number of benzene rings is 2. The van der Waals surface area contributed by atoms with Gasteiger partial charge in [-0.1, -0.05) is 36.4 Å². The molecule has 1 heterocycles. The second-order valence-corrected chi connectivity index (χ2v) is 5.86. The molecule has 4 rings (SSSR count). The quantitative estimate of drug-likeness (QED) is 0.744. The number of carbonyl (C=O) groups is 1. The van der Waals surface area contributed by atoms with Crippen LogP contribution in [0, 0.1) is 0 Å². The van der Waals surface area contributed by atoms with Crippen LogP contribution in [0.1, 0.15) is 30.5 Å². The molecule has 0 bridgehead atoms. The molecule has 1 aliphatic rings. The van der Waals surface area contributed by atoms with Crippen LogP contribution in [0.25, 0.3) is 16.8 Å². The number of ether oxygens (including phenoxy) is 1. The van der Waals surface area contributed by atoms with Crippen molar-refractivity contribution in [3.05, 3.63) is 65.2 Å². The molecule has 1 atom stereocenters. The summed E-state index contributed by atoms with van der Waals surface area (Å²) in [4.78, 5) is 13.9. The summed E-state index contributed by atoms with van der Waals surface area (Å²) in [5, 5.41) is 19.6. The third kappa shape index (κ3) is 2.55. The Bertz CT molecular complexity index is 957. The van der Waals surface area contributed by atoms with Crippen LogP contribution in [0.3, 0.4) is 0 Å². The van der Waals surface area contributed by atoms with Crippen molar-refractivity contribution in [2.24, 2.45) is 0 Å². The van der Waals surface area contributed by atoms with Gasteiger partial charge in [0.1, 0.15) is 22.8 Å². The van der Waals surface area contributed by atoms with Crippen molar-refractivity contribution in [1.82, 2.24) is 15.0 Å². The summed E-state index contributed by atoms with van der Waals surface area (Å²) in [6.45, 7) is 2.00. The third-order valence-corrected chi connectivity index (χ3v) is 4.36. The van der Waals surface area contributed by atoms with Crippen LogP contribution in [0.5, 0.6) is 0 Å². The van der Waals surface area contributed by atoms with Gasteiger partial charge in [-0.25, -0.2) is 4.79 Å². The number of carbonyl (C=O) groups excluding carboxylic acids is 1. The van der Waals surface area contributed by atoms with E-state index in [1.807, 2.05) is 42.5 Å². The van der Waals surface area contributed by atoms with Crippen LogP contribution in [0.2, 0.25) is 0 Å². The number of hydrogen-bond acceptors (Lipinski definition) is 5. The summed E-state index contributed by atoms with van der Waals surface area (Å²) in [5.41, 5.74) is 3.33. The van der Waals surface area contributed by atoms with Crippen molar-refractivity contribution < 1.29 is 14.6 Å². The molecule has 0 spiro atoms. The van der Waals surface area contributed by atoms with Crippen LogP contribution in [-0.4, -0.2) is 32.7 Å². The minimum atomic E-state index is -0.504. The largest absolute Gasteiger partial charge is 0.507 e. The van der Waals surface area contributed by atoms with Gasteiger partial charge in [0.2, 0.25) is 0 Å². The first kappa shape index (κ1) is 15.4. The Kier molecular flexibility index (Phi) is 3.72. The standard InChI is InChI=1S/C19H17N3O3/c1-2-25-19(24)14-11-17(12-7-3-4-8-13(12)18(14)23)22-20-15-9-5-6-10-16(15)21-22/h3-10,17,23H,2,11H2,1H3. The Labute approximate surface area is 144 Å². The highest BCUT2D eigenvalue weighted by atomic mass is 16.5. The summed E-state index contributed by atoms with van der Waals surface area (Å²) in [6.07, 6.45) is 0.280. The molecule has 0 radical (unpaired) electrons. The maximum absolute atomic E-state index is 12.3. The Morgan fingerprint density at radius 1 is 1.16 bits per heavy atom. The molecular formula is C19H17N3O3. The Balaban J connectivity index is 1.84. The zero-order chi connectivity index (χ0) is 17.4. The molecule has 1 unspecified atom stereocenters. The van der Waals surface area contributed by atoms with Crippen molar-refractivity contribution in [3.8, 4) is 0 Å². The third-order valence-electron chi connectivity index (χ3n) is 4.36. The number of aromatic nitrogens is 3. The van der Waals surface area contributed by atoms with E-state index in [1.54, 1.807) is 17.8 Å². The van der Waals surface area contributed by atoms with Gasteiger partial charge in [-0.2, -0.15) is 15.0 Å². The molecule has 0 saturated carbocycles. The van der Waals surface area contributed by atoms with Crippen molar-refractivity contribution in [2.45, 2.75) is 19.4 Å². The van der Waals surface area contributed by atoms with Crippen molar-refractivity contribution in [3.63, 3.8) is 0 Å². The summed E-state index contributed by atoms with van der Waals surface area (Å²) in [5.74, 6) is -0.529. The van der Waals surface area contributed by atoms with Crippen molar-refractivity contribution >= 4 is 22.8 Å². The molecule has 1 aliphatic carbocycles. The van der Waals surface area contributed by atoms with Crippen LogP contribution in [0.15, 0.2) is 54.1 Å². The highest BCUT2D eigenvalue weighted by Gasteiger charge is 2.33. The topological polar surface area (TPSA) is 77.2 Å². The minimum absolute atomic E-state index is 0.0259. The molecule has 1 N–H and O–H groups in total. The van der Waals surface area contributed by atoms with Crippen LogP contribution >= 0.6 is 0 Å². The Hall–Kier alpha value is -3.15. The number of fused-ring (bicyclic) bond motifs is 2. The molecular weight excluding hydrogens is 318 g/mol. The molecule has 6 heteroatoms. The van der Waals surface area contributed by atoms with Gasteiger partial charge in [0.25, 0.3) is 0 Å². The van der Waals surface area contributed by atoms with Gasteiger partial charge in [0.15, 0.2) is 0 Å². The second-order valence-electron chi connectivity index (χ2n) is 5.86. The molecule has 25 heavy (non-hydrogen) atoms. The highest BCUT2D eigenvalue weighted by Crippen LogP contribution is 2.38. The maximum Gasteiger partial charge on any atom is 0.337 e. The van der Waals surface area contributed by atoms with Crippen molar-refractivity contribution in [1.29, 1.82) is 0 Å². The lowest BCUT2D eigenvalue weighted by Crippen LogP contribution is -2.24. The number of aliphatic hydroxyl groups is 1. The highest BCUT2D eigenvalue weighted by molar-refractivity contribution is 5.97. The van der Waals surface area contributed by atoms with E-state index in [9.17, 15) is 9.90 Å². The smallest absolute Gasteiger partial charge is 0.337 e. The van der Waals surface area contributed by atoms with Gasteiger partial charge in [-0.15, -0.1) is 0 Å². The fourth-order valence-electron chi connectivity index (χ4n) is 3.19. The van der Waals surface area contributed by atoms with Crippen LogP contribution < -0.4 is 0 Å². The molecule has 0 aliphatic heterocycles. The average Bonchev–Trinajstić information content (AvgIpc) is 3.06. The molecule has 6 nitrogen and oxygen atoms in total. The molecule has 0 amide bonds. The minimum Gasteiger partial charge on any atom is -0.507 e. The van der Waals surface area contributed by atoms with E-state index in [2.05, 4.69) is 10.2 Å². The van der Waals surface area contributed by atoms with Crippen LogP contribution in [-0.2, 0) is 9.53 Å². The lowest BCUT2D eigenvalue weighted by atomic mass is 9.87. The fourth-order valence-corrected chi connectivity index (χ4v) is 3.19. The average molecular weight is 335 g/mol. The maximum atomic E-state index is 12.3. The van der Waals surface area contributed by atoms with E-state index in [4.69, 9.17) is 4.74 Å². The van der Waals surface area contributed by atoms with E-state index in [0.717, 1.165) is 16.6 Å². The molecule has 126 valence electrons. The van der Waals surface area contributed by atoms with E-state index >= 15 is 0 Å². The molecule has 0 saturated heterocycles. The first-order valence-corrected chi connectivity index (χ1v) is 8.19. The summed E-state index contributed by atoms with van der Waals surface area (Å²) < 4.78 is 5.10. The van der Waals surface area contributed by atoms with Crippen molar-refractivity contribution in [2.75, 3.05) is 6.61 Å². The molecule has 2 aromatic carbocycles.